The topological polar surface area (TPSA) is 53.1 Å². The van der Waals surface area contributed by atoms with Gasteiger partial charge in [0.1, 0.15) is 5.75 Å². The Morgan fingerprint density at radius 2 is 2.26 bits per heavy atom. The molecule has 0 amide bonds. The molecule has 0 saturated heterocycles. The van der Waals surface area contributed by atoms with Crippen molar-refractivity contribution in [3.8, 4) is 5.75 Å². The third-order valence-corrected chi connectivity index (χ3v) is 3.31. The van der Waals surface area contributed by atoms with Crippen molar-refractivity contribution < 1.29 is 4.74 Å². The van der Waals surface area contributed by atoms with Crippen LogP contribution >= 0.6 is 15.9 Å². The van der Waals surface area contributed by atoms with Crippen LogP contribution in [-0.4, -0.2) is 22.9 Å². The molecular weight excluding hydrogens is 306 g/mol. The van der Waals surface area contributed by atoms with Gasteiger partial charge in [-0.25, -0.2) is 0 Å². The zero-order chi connectivity index (χ0) is 13.8. The summed E-state index contributed by atoms with van der Waals surface area (Å²) in [7, 11) is 1.68. The van der Waals surface area contributed by atoms with Crippen molar-refractivity contribution >= 4 is 15.9 Å². The van der Waals surface area contributed by atoms with Gasteiger partial charge in [-0.1, -0.05) is 15.9 Å². The molecule has 4 nitrogen and oxygen atoms in total. The average Bonchev–Trinajstić information content (AvgIpc) is 2.76. The first-order valence-electron chi connectivity index (χ1n) is 6.18. The van der Waals surface area contributed by atoms with Crippen LogP contribution in [0.15, 0.2) is 35.1 Å². The lowest BCUT2D eigenvalue weighted by atomic mass is 10.1. The van der Waals surface area contributed by atoms with E-state index in [2.05, 4.69) is 21.0 Å². The van der Waals surface area contributed by atoms with Gasteiger partial charge in [0, 0.05) is 22.3 Å². The Hall–Kier alpha value is -1.33. The van der Waals surface area contributed by atoms with Gasteiger partial charge in [-0.2, -0.15) is 5.10 Å². The van der Waals surface area contributed by atoms with Crippen LogP contribution in [0.5, 0.6) is 5.75 Å². The number of hydrogen-bond donors (Lipinski definition) is 1. The molecule has 1 heterocycles. The second-order valence-electron chi connectivity index (χ2n) is 4.68. The molecule has 0 saturated carbocycles. The van der Waals surface area contributed by atoms with Gasteiger partial charge in [0.25, 0.3) is 0 Å². The standard InChI is InChI=1S/C14H18BrN3O/c1-10(16)5-11-7-17-18(8-11)9-12-6-13(15)3-4-14(12)19-2/h3-4,6-8,10H,5,9,16H2,1-2H3. The molecule has 1 unspecified atom stereocenters. The number of methoxy groups -OCH3 is 1. The highest BCUT2D eigenvalue weighted by molar-refractivity contribution is 9.10. The van der Waals surface area contributed by atoms with Crippen molar-refractivity contribution in [2.45, 2.75) is 25.9 Å². The summed E-state index contributed by atoms with van der Waals surface area (Å²) in [5.74, 6) is 0.868. The first-order valence-corrected chi connectivity index (χ1v) is 6.97. The van der Waals surface area contributed by atoms with Crippen molar-refractivity contribution in [1.82, 2.24) is 9.78 Å². The molecule has 0 fully saturated rings. The van der Waals surface area contributed by atoms with E-state index < -0.39 is 0 Å². The fraction of sp³-hybridized carbons (Fsp3) is 0.357. The maximum atomic E-state index is 5.79. The number of halogens is 1. The van der Waals surface area contributed by atoms with Crippen LogP contribution in [-0.2, 0) is 13.0 Å². The molecule has 19 heavy (non-hydrogen) atoms. The minimum Gasteiger partial charge on any atom is -0.496 e. The van der Waals surface area contributed by atoms with Gasteiger partial charge in [0.2, 0.25) is 0 Å². The van der Waals surface area contributed by atoms with Crippen molar-refractivity contribution in [1.29, 1.82) is 0 Å². The highest BCUT2D eigenvalue weighted by Gasteiger charge is 2.07. The fourth-order valence-corrected chi connectivity index (χ4v) is 2.42. The van der Waals surface area contributed by atoms with E-state index in [1.54, 1.807) is 7.11 Å². The summed E-state index contributed by atoms with van der Waals surface area (Å²) < 4.78 is 8.30. The van der Waals surface area contributed by atoms with Gasteiger partial charge in [0.15, 0.2) is 0 Å². The highest BCUT2D eigenvalue weighted by atomic mass is 79.9. The van der Waals surface area contributed by atoms with E-state index in [1.165, 1.54) is 0 Å². The van der Waals surface area contributed by atoms with Crippen LogP contribution in [0.2, 0.25) is 0 Å². The zero-order valence-corrected chi connectivity index (χ0v) is 12.7. The molecule has 1 atom stereocenters. The summed E-state index contributed by atoms with van der Waals surface area (Å²) in [6.07, 6.45) is 4.74. The molecule has 5 heteroatoms. The third kappa shape index (κ3) is 3.81. The SMILES string of the molecule is COc1ccc(Br)cc1Cn1cc(CC(C)N)cn1. The van der Waals surface area contributed by atoms with Crippen molar-refractivity contribution in [2.24, 2.45) is 5.73 Å². The molecule has 2 rings (SSSR count). The van der Waals surface area contributed by atoms with Crippen LogP contribution in [0.4, 0.5) is 0 Å². The molecule has 0 spiro atoms. The molecule has 0 radical (unpaired) electrons. The van der Waals surface area contributed by atoms with Crippen LogP contribution in [0.1, 0.15) is 18.1 Å². The highest BCUT2D eigenvalue weighted by Crippen LogP contribution is 2.23. The summed E-state index contributed by atoms with van der Waals surface area (Å²) in [6.45, 7) is 2.68. The van der Waals surface area contributed by atoms with Crippen LogP contribution in [0.3, 0.4) is 0 Å². The Morgan fingerprint density at radius 3 is 2.95 bits per heavy atom. The molecule has 0 aliphatic rings. The van der Waals surface area contributed by atoms with E-state index in [9.17, 15) is 0 Å². The number of nitrogens with zero attached hydrogens (tertiary/aromatic N) is 2. The maximum Gasteiger partial charge on any atom is 0.124 e. The molecule has 102 valence electrons. The van der Waals surface area contributed by atoms with Crippen molar-refractivity contribution in [3.63, 3.8) is 0 Å². The van der Waals surface area contributed by atoms with Crippen LogP contribution in [0, 0.1) is 0 Å². The second kappa shape index (κ2) is 6.21. The van der Waals surface area contributed by atoms with E-state index in [4.69, 9.17) is 10.5 Å². The molecule has 2 aromatic rings. The summed E-state index contributed by atoms with van der Waals surface area (Å²) in [5.41, 5.74) is 8.04. The number of benzene rings is 1. The maximum absolute atomic E-state index is 5.79. The predicted octanol–water partition coefficient (Wildman–Crippen LogP) is 2.59. The Kier molecular flexibility index (Phi) is 4.61. The first-order chi connectivity index (χ1) is 9.08. The van der Waals surface area contributed by atoms with E-state index in [0.717, 1.165) is 27.8 Å². The molecule has 0 aliphatic heterocycles. The fourth-order valence-electron chi connectivity index (χ4n) is 2.02. The smallest absolute Gasteiger partial charge is 0.124 e. The Labute approximate surface area is 121 Å². The summed E-state index contributed by atoms with van der Waals surface area (Å²) in [5, 5.41) is 4.36. The predicted molar refractivity (Wildman–Crippen MR) is 79.4 cm³/mol. The zero-order valence-electron chi connectivity index (χ0n) is 11.1. The van der Waals surface area contributed by atoms with Gasteiger partial charge in [-0.05, 0) is 37.1 Å². The number of ether oxygens (including phenoxy) is 1. The Morgan fingerprint density at radius 1 is 1.47 bits per heavy atom. The van der Waals surface area contributed by atoms with E-state index in [1.807, 2.05) is 42.2 Å². The second-order valence-corrected chi connectivity index (χ2v) is 5.60. The third-order valence-electron chi connectivity index (χ3n) is 2.82. The van der Waals surface area contributed by atoms with E-state index in [0.29, 0.717) is 6.54 Å². The van der Waals surface area contributed by atoms with Crippen LogP contribution in [0.25, 0.3) is 0 Å². The molecule has 0 aliphatic carbocycles. The lowest BCUT2D eigenvalue weighted by molar-refractivity contribution is 0.407. The van der Waals surface area contributed by atoms with E-state index >= 15 is 0 Å². The Bertz CT molecular complexity index is 551. The van der Waals surface area contributed by atoms with Crippen LogP contribution < -0.4 is 10.5 Å². The minimum absolute atomic E-state index is 0.151. The minimum atomic E-state index is 0.151. The lowest BCUT2D eigenvalue weighted by Gasteiger charge is -2.09. The molecule has 2 N–H and O–H groups in total. The average molecular weight is 324 g/mol. The quantitative estimate of drug-likeness (QED) is 0.920. The Balaban J connectivity index is 2.16. The summed E-state index contributed by atoms with van der Waals surface area (Å²) in [6, 6.07) is 6.11. The number of rotatable bonds is 5. The van der Waals surface area contributed by atoms with Gasteiger partial charge in [-0.3, -0.25) is 4.68 Å². The van der Waals surface area contributed by atoms with Crippen molar-refractivity contribution in [2.75, 3.05) is 7.11 Å². The molecule has 1 aromatic carbocycles. The van der Waals surface area contributed by atoms with Gasteiger partial charge in [0.05, 0.1) is 19.9 Å². The summed E-state index contributed by atoms with van der Waals surface area (Å²) in [4.78, 5) is 0. The van der Waals surface area contributed by atoms with Gasteiger partial charge in [-0.15, -0.1) is 0 Å². The largest absolute Gasteiger partial charge is 0.496 e. The first kappa shape index (κ1) is 14.1. The van der Waals surface area contributed by atoms with E-state index in [-0.39, 0.29) is 6.04 Å². The van der Waals surface area contributed by atoms with Gasteiger partial charge >= 0.3 is 0 Å². The number of hydrogen-bond acceptors (Lipinski definition) is 3. The van der Waals surface area contributed by atoms with Crippen molar-refractivity contribution in [3.05, 3.63) is 46.2 Å². The molecule has 0 bridgehead atoms. The lowest BCUT2D eigenvalue weighted by Crippen LogP contribution is -2.17. The normalized spacial score (nSPS) is 12.4. The molecule has 1 aromatic heterocycles. The monoisotopic (exact) mass is 323 g/mol. The summed E-state index contributed by atoms with van der Waals surface area (Å²) >= 11 is 3.48. The van der Waals surface area contributed by atoms with Gasteiger partial charge < -0.3 is 10.5 Å². The number of nitrogens with two attached hydrogens (primary N) is 1. The number of aromatic nitrogens is 2. The molecular formula is C14H18BrN3O.